The summed E-state index contributed by atoms with van der Waals surface area (Å²) in [6.07, 6.45) is 1.61. The van der Waals surface area contributed by atoms with Crippen LogP contribution >= 0.6 is 15.9 Å². The number of hydrogen-bond donors (Lipinski definition) is 0. The molecular weight excluding hydrogens is 422 g/mol. The molecule has 2 aromatic carbocycles. The summed E-state index contributed by atoms with van der Waals surface area (Å²) in [5.74, 6) is 1.43. The number of nitrogens with zero attached hydrogens (tertiary/aromatic N) is 3. The van der Waals surface area contributed by atoms with E-state index in [-0.39, 0.29) is 5.91 Å². The van der Waals surface area contributed by atoms with Crippen molar-refractivity contribution >= 4 is 21.8 Å². The SMILES string of the molecule is COc1ccc(OCCN(C)C(=O)c2cnn(-c3ccc(Br)cc3)c2C)cc1. The number of halogens is 1. The normalized spacial score (nSPS) is 10.6. The molecule has 0 radical (unpaired) electrons. The number of carbonyl (C=O) groups excluding carboxylic acids is 1. The molecule has 1 aromatic heterocycles. The number of hydrogen-bond acceptors (Lipinski definition) is 4. The Morgan fingerprint density at radius 1 is 1.11 bits per heavy atom. The molecule has 1 heterocycles. The van der Waals surface area contributed by atoms with Crippen molar-refractivity contribution in [3.05, 3.63) is 70.5 Å². The first-order valence-electron chi connectivity index (χ1n) is 8.82. The van der Waals surface area contributed by atoms with Gasteiger partial charge in [0.25, 0.3) is 5.91 Å². The fourth-order valence-electron chi connectivity index (χ4n) is 2.74. The van der Waals surface area contributed by atoms with Gasteiger partial charge in [0.05, 0.1) is 36.8 Å². The van der Waals surface area contributed by atoms with Crippen molar-refractivity contribution < 1.29 is 14.3 Å². The van der Waals surface area contributed by atoms with E-state index < -0.39 is 0 Å². The van der Waals surface area contributed by atoms with E-state index >= 15 is 0 Å². The zero-order valence-electron chi connectivity index (χ0n) is 16.1. The zero-order valence-corrected chi connectivity index (χ0v) is 17.6. The molecule has 1 amide bonds. The van der Waals surface area contributed by atoms with Crippen molar-refractivity contribution in [3.63, 3.8) is 0 Å². The largest absolute Gasteiger partial charge is 0.497 e. The number of likely N-dealkylation sites (N-methyl/N-ethyl adjacent to an activating group) is 1. The third-order valence-electron chi connectivity index (χ3n) is 4.41. The summed E-state index contributed by atoms with van der Waals surface area (Å²) in [7, 11) is 3.38. The van der Waals surface area contributed by atoms with Gasteiger partial charge in [0, 0.05) is 11.5 Å². The Bertz CT molecular complexity index is 937. The molecule has 0 aliphatic heterocycles. The molecule has 0 aliphatic rings. The standard InChI is InChI=1S/C21H22BrN3O3/c1-15-20(14-23-25(15)17-6-4-16(22)5-7-17)21(26)24(2)12-13-28-19-10-8-18(27-3)9-11-19/h4-11,14H,12-13H2,1-3H3. The predicted octanol–water partition coefficient (Wildman–Crippen LogP) is 4.10. The van der Waals surface area contributed by atoms with E-state index in [1.54, 1.807) is 29.9 Å². The topological polar surface area (TPSA) is 56.6 Å². The fourth-order valence-corrected chi connectivity index (χ4v) is 3.01. The third kappa shape index (κ3) is 4.54. The zero-order chi connectivity index (χ0) is 20.1. The molecule has 28 heavy (non-hydrogen) atoms. The summed E-state index contributed by atoms with van der Waals surface area (Å²) >= 11 is 3.42. The monoisotopic (exact) mass is 443 g/mol. The molecule has 0 aliphatic carbocycles. The number of rotatable bonds is 7. The van der Waals surface area contributed by atoms with Gasteiger partial charge < -0.3 is 14.4 Å². The van der Waals surface area contributed by atoms with Gasteiger partial charge in [-0.3, -0.25) is 4.79 Å². The van der Waals surface area contributed by atoms with Crippen LogP contribution < -0.4 is 9.47 Å². The summed E-state index contributed by atoms with van der Waals surface area (Å²) in [5.41, 5.74) is 2.29. The van der Waals surface area contributed by atoms with Gasteiger partial charge in [0.15, 0.2) is 0 Å². The Balaban J connectivity index is 1.60. The van der Waals surface area contributed by atoms with Crippen LogP contribution in [0.25, 0.3) is 5.69 Å². The van der Waals surface area contributed by atoms with Crippen LogP contribution in [0.15, 0.2) is 59.2 Å². The van der Waals surface area contributed by atoms with Gasteiger partial charge in [-0.2, -0.15) is 5.10 Å². The van der Waals surface area contributed by atoms with E-state index in [4.69, 9.17) is 9.47 Å². The summed E-state index contributed by atoms with van der Waals surface area (Å²) in [5, 5.41) is 4.37. The first-order chi connectivity index (χ1) is 13.5. The molecule has 0 bridgehead atoms. The maximum Gasteiger partial charge on any atom is 0.257 e. The van der Waals surface area contributed by atoms with E-state index in [2.05, 4.69) is 21.0 Å². The molecule has 6 nitrogen and oxygen atoms in total. The highest BCUT2D eigenvalue weighted by molar-refractivity contribution is 9.10. The van der Waals surface area contributed by atoms with Gasteiger partial charge in [-0.25, -0.2) is 4.68 Å². The van der Waals surface area contributed by atoms with E-state index in [0.29, 0.717) is 18.7 Å². The average Bonchev–Trinajstić information content (AvgIpc) is 3.09. The minimum atomic E-state index is -0.0841. The lowest BCUT2D eigenvalue weighted by Gasteiger charge is -2.17. The molecule has 0 fully saturated rings. The number of methoxy groups -OCH3 is 1. The number of amides is 1. The molecule has 0 atom stereocenters. The quantitative estimate of drug-likeness (QED) is 0.551. The molecule has 146 valence electrons. The van der Waals surface area contributed by atoms with Crippen LogP contribution in [0.2, 0.25) is 0 Å². The number of carbonyl (C=O) groups is 1. The second kappa shape index (κ2) is 8.93. The van der Waals surface area contributed by atoms with Gasteiger partial charge in [0.2, 0.25) is 0 Å². The van der Waals surface area contributed by atoms with Crippen molar-refractivity contribution in [1.82, 2.24) is 14.7 Å². The van der Waals surface area contributed by atoms with Gasteiger partial charge in [-0.15, -0.1) is 0 Å². The van der Waals surface area contributed by atoms with E-state index in [9.17, 15) is 4.79 Å². The summed E-state index contributed by atoms with van der Waals surface area (Å²) in [4.78, 5) is 14.4. The number of ether oxygens (including phenoxy) is 2. The van der Waals surface area contributed by atoms with E-state index in [1.807, 2.05) is 55.5 Å². The fraction of sp³-hybridized carbons (Fsp3) is 0.238. The minimum Gasteiger partial charge on any atom is -0.497 e. The third-order valence-corrected chi connectivity index (χ3v) is 4.94. The van der Waals surface area contributed by atoms with E-state index in [0.717, 1.165) is 27.4 Å². The Hall–Kier alpha value is -2.80. The maximum atomic E-state index is 12.8. The lowest BCUT2D eigenvalue weighted by atomic mass is 10.2. The maximum absolute atomic E-state index is 12.8. The molecule has 0 saturated heterocycles. The lowest BCUT2D eigenvalue weighted by Crippen LogP contribution is -2.31. The van der Waals surface area contributed by atoms with Gasteiger partial charge in [0.1, 0.15) is 18.1 Å². The van der Waals surface area contributed by atoms with Crippen LogP contribution in [0.4, 0.5) is 0 Å². The lowest BCUT2D eigenvalue weighted by molar-refractivity contribution is 0.0773. The van der Waals surface area contributed by atoms with Crippen LogP contribution in [-0.2, 0) is 0 Å². The van der Waals surface area contributed by atoms with Gasteiger partial charge in [-0.05, 0) is 55.5 Å². The molecule has 3 aromatic rings. The van der Waals surface area contributed by atoms with Crippen LogP contribution in [0.3, 0.4) is 0 Å². The molecule has 0 N–H and O–H groups in total. The van der Waals surface area contributed by atoms with Crippen molar-refractivity contribution in [2.24, 2.45) is 0 Å². The second-order valence-electron chi connectivity index (χ2n) is 6.28. The molecular formula is C21H22BrN3O3. The summed E-state index contributed by atoms with van der Waals surface area (Å²) < 4.78 is 13.6. The molecule has 0 unspecified atom stereocenters. The Morgan fingerprint density at radius 3 is 2.39 bits per heavy atom. The van der Waals surface area contributed by atoms with Crippen LogP contribution in [-0.4, -0.2) is 47.9 Å². The highest BCUT2D eigenvalue weighted by atomic mass is 79.9. The van der Waals surface area contributed by atoms with Gasteiger partial charge in [-0.1, -0.05) is 15.9 Å². The van der Waals surface area contributed by atoms with Crippen LogP contribution in [0.5, 0.6) is 11.5 Å². The van der Waals surface area contributed by atoms with Crippen molar-refractivity contribution in [2.75, 3.05) is 27.3 Å². The summed E-state index contributed by atoms with van der Waals surface area (Å²) in [6.45, 7) is 2.76. The second-order valence-corrected chi connectivity index (χ2v) is 7.20. The minimum absolute atomic E-state index is 0.0841. The smallest absolute Gasteiger partial charge is 0.257 e. The average molecular weight is 444 g/mol. The molecule has 3 rings (SSSR count). The predicted molar refractivity (Wildman–Crippen MR) is 111 cm³/mol. The van der Waals surface area contributed by atoms with Crippen molar-refractivity contribution in [3.8, 4) is 17.2 Å². The first-order valence-corrected chi connectivity index (χ1v) is 9.62. The van der Waals surface area contributed by atoms with Crippen LogP contribution in [0.1, 0.15) is 16.1 Å². The van der Waals surface area contributed by atoms with E-state index in [1.165, 1.54) is 0 Å². The highest BCUT2D eigenvalue weighted by Crippen LogP contribution is 2.19. The molecule has 7 heteroatoms. The van der Waals surface area contributed by atoms with Crippen molar-refractivity contribution in [1.29, 1.82) is 0 Å². The molecule has 0 spiro atoms. The van der Waals surface area contributed by atoms with Crippen molar-refractivity contribution in [2.45, 2.75) is 6.92 Å². The number of aromatic nitrogens is 2. The number of benzene rings is 2. The summed E-state index contributed by atoms with van der Waals surface area (Å²) in [6, 6.07) is 15.1. The first kappa shape index (κ1) is 19.9. The Morgan fingerprint density at radius 2 is 1.75 bits per heavy atom. The van der Waals surface area contributed by atoms with Gasteiger partial charge >= 0.3 is 0 Å². The molecule has 0 saturated carbocycles. The Labute approximate surface area is 172 Å². The van der Waals surface area contributed by atoms with Crippen LogP contribution in [0, 0.1) is 6.92 Å². The highest BCUT2D eigenvalue weighted by Gasteiger charge is 2.18. The Kier molecular flexibility index (Phi) is 6.36.